The Balaban J connectivity index is 0.000000214. The number of aromatic nitrogens is 4. The molecule has 18 heterocycles. The van der Waals surface area contributed by atoms with E-state index in [0.717, 1.165) is 26.2 Å². The number of nitrogens with zero attached hydrogens (tertiary/aromatic N) is 4. The van der Waals surface area contributed by atoms with Gasteiger partial charge in [0.15, 0.2) is 75.8 Å². The zero-order chi connectivity index (χ0) is 69.5. The second-order valence-corrected chi connectivity index (χ2v) is 23.4. The fraction of sp³-hybridized carbons (Fsp3) is 0.229. The molecule has 0 aliphatic carbocycles. The summed E-state index contributed by atoms with van der Waals surface area (Å²) < 4.78 is 66.3. The highest BCUT2D eigenvalue weighted by Crippen LogP contribution is 2.29. The standard InChI is InChI=1S/C45H46O14.C38H34N4/c46-44(47)36-7-1-34(2-8-36)5-11-38-32-43-39(12-6-35-3-9-37(10-4-35)45(48)49)31-42(38)58-29-24-52-20-18-50-17-19-51-23-27-56-40-13-15-41(16-14-40)57-28-26-55-33-54-22-21-53-25-30-59-43;1-2-32-13-21-40(22-14-32)28-34-5-9-36(10-6-34)30-42-25-17-38(18-26-42)37-15-23-41(24-16-37)29-35-7-3-33(4-8-35)27-39-19-11-31(1)12-20-39/h1-4,7-10,13-16,31-32H,17-30,33H2,(H,46,47)(H,48,49);1-26H,27-30H2/q;+4/p-2/b;2-1+. The van der Waals surface area contributed by atoms with Crippen molar-refractivity contribution >= 4 is 24.1 Å². The highest BCUT2D eigenvalue weighted by atomic mass is 16.7. The summed E-state index contributed by atoms with van der Waals surface area (Å²) in [6.45, 7) is 7.86. The Hall–Kier alpha value is -11.3. The van der Waals surface area contributed by atoms with Crippen LogP contribution in [0.25, 0.3) is 23.3 Å². The van der Waals surface area contributed by atoms with Crippen LogP contribution in [0.3, 0.4) is 0 Å². The molecular formula is C83H78N4O14+2. The quantitative estimate of drug-likeness (QED) is 0.121. The Kier molecular flexibility index (Phi) is 26.8. The van der Waals surface area contributed by atoms with E-state index in [1.807, 2.05) is 24.3 Å². The third kappa shape index (κ3) is 23.4. The zero-order valence-corrected chi connectivity index (χ0v) is 56.0. The number of hydrogen-bond acceptors (Lipinski definition) is 14. The highest BCUT2D eigenvalue weighted by molar-refractivity contribution is 5.86. The van der Waals surface area contributed by atoms with E-state index >= 15 is 0 Å². The van der Waals surface area contributed by atoms with Gasteiger partial charge in [0, 0.05) is 94.0 Å². The topological polar surface area (TPSA) is 188 Å². The molecule has 0 spiro atoms. The molecular weight excluding hydrogens is 1280 g/mol. The molecule has 4 aromatic heterocycles. The van der Waals surface area contributed by atoms with Crippen LogP contribution in [-0.2, 0) is 54.6 Å². The van der Waals surface area contributed by atoms with Gasteiger partial charge in [-0.1, -0.05) is 109 Å². The van der Waals surface area contributed by atoms with Gasteiger partial charge in [0.1, 0.15) is 56.2 Å². The van der Waals surface area contributed by atoms with E-state index in [1.165, 1.54) is 68.8 Å². The first-order valence-corrected chi connectivity index (χ1v) is 33.4. The molecule has 0 N–H and O–H groups in total. The van der Waals surface area contributed by atoms with E-state index in [1.54, 1.807) is 36.4 Å². The normalized spacial score (nSPS) is 14.7. The van der Waals surface area contributed by atoms with Gasteiger partial charge in [-0.15, -0.1) is 0 Å². The van der Waals surface area contributed by atoms with E-state index in [9.17, 15) is 19.8 Å². The van der Waals surface area contributed by atoms with Crippen molar-refractivity contribution in [3.05, 3.63) is 298 Å². The van der Waals surface area contributed by atoms with Gasteiger partial charge in [0.2, 0.25) is 0 Å². The Morgan fingerprint density at radius 3 is 0.921 bits per heavy atom. The van der Waals surface area contributed by atoms with Crippen LogP contribution in [-0.4, -0.2) is 111 Å². The molecule has 0 saturated carbocycles. The van der Waals surface area contributed by atoms with Crippen LogP contribution in [0.1, 0.15) is 76.4 Å². The Bertz CT molecular complexity index is 4280. The minimum atomic E-state index is -1.29. The van der Waals surface area contributed by atoms with Gasteiger partial charge in [0.25, 0.3) is 0 Å². The minimum absolute atomic E-state index is 0.0332. The summed E-state index contributed by atoms with van der Waals surface area (Å²) in [6, 6.07) is 58.1. The van der Waals surface area contributed by atoms with Crippen LogP contribution >= 0.6 is 0 Å². The van der Waals surface area contributed by atoms with Crippen LogP contribution in [0.5, 0.6) is 23.0 Å². The van der Waals surface area contributed by atoms with Crippen molar-refractivity contribution < 1.29 is 85.4 Å². The van der Waals surface area contributed by atoms with E-state index in [4.69, 9.17) is 47.4 Å². The number of carbonyl (C=O) groups excluding carboxylic acids is 2. The Labute approximate surface area is 588 Å². The maximum atomic E-state index is 11.2. The lowest BCUT2D eigenvalue weighted by atomic mass is 10.1. The fourth-order valence-electron chi connectivity index (χ4n) is 10.5. The number of aromatic carboxylic acids is 2. The van der Waals surface area contributed by atoms with Crippen LogP contribution in [0.2, 0.25) is 0 Å². The van der Waals surface area contributed by atoms with Crippen molar-refractivity contribution in [3.8, 4) is 57.8 Å². The molecule has 14 aliphatic heterocycles. The van der Waals surface area contributed by atoms with Gasteiger partial charge >= 0.3 is 0 Å². The first kappa shape index (κ1) is 71.0. The summed E-state index contributed by atoms with van der Waals surface area (Å²) in [5.41, 5.74) is 12.1. The average molecular weight is 1360 g/mol. The van der Waals surface area contributed by atoms with Gasteiger partial charge in [0.05, 0.1) is 89.1 Å². The molecule has 18 heteroatoms. The maximum absolute atomic E-state index is 11.2. The van der Waals surface area contributed by atoms with Crippen molar-refractivity contribution in [2.75, 3.05) is 99.3 Å². The van der Waals surface area contributed by atoms with Crippen LogP contribution in [0, 0.1) is 23.7 Å². The summed E-state index contributed by atoms with van der Waals surface area (Å²) in [7, 11) is 0. The number of hydrogen-bond donors (Lipinski definition) is 0. The molecule has 0 atom stereocenters. The smallest absolute Gasteiger partial charge is 0.173 e. The lowest BCUT2D eigenvalue weighted by Gasteiger charge is -2.14. The van der Waals surface area contributed by atoms with Crippen molar-refractivity contribution in [1.82, 2.24) is 0 Å². The SMILES string of the molecule is C1=C/c2cc[n+](cc2)Cc2ccc(cc2)C[n+]2ccc(cc2)-c2cc[n+](cc2)Cc2ccc(cc2)C[n+]2ccc/1cc2.O=C([O-])c1ccc(C#Cc2cc3c(C#Cc4ccc(C(=O)[O-])cc4)cc2OCCOCCOCCOCCOc2ccc(cc2)OCCOCOCCOCCO3)cc1. The number of benzene rings is 6. The van der Waals surface area contributed by atoms with Crippen molar-refractivity contribution in [1.29, 1.82) is 0 Å². The Morgan fingerprint density at radius 2 is 0.594 bits per heavy atom. The van der Waals surface area contributed by atoms with Crippen molar-refractivity contribution in [3.63, 3.8) is 0 Å². The van der Waals surface area contributed by atoms with E-state index in [-0.39, 0.29) is 44.3 Å². The number of carboxylic acid groups (broad SMARTS) is 2. The van der Waals surface area contributed by atoms with Crippen LogP contribution in [0.4, 0.5) is 0 Å². The monoisotopic (exact) mass is 1350 g/mol. The van der Waals surface area contributed by atoms with Gasteiger partial charge < -0.3 is 67.2 Å². The average Bonchev–Trinajstić information content (AvgIpc) is 0.858. The van der Waals surface area contributed by atoms with Gasteiger partial charge in [-0.2, -0.15) is 0 Å². The second kappa shape index (κ2) is 38.1. The molecule has 16 bridgehead atoms. The molecule has 0 unspecified atom stereocenters. The van der Waals surface area contributed by atoms with E-state index in [2.05, 4.69) is 201 Å². The predicted octanol–water partition coefficient (Wildman–Crippen LogP) is 7.68. The number of carboxylic acids is 2. The zero-order valence-electron chi connectivity index (χ0n) is 56.0. The molecule has 18 nitrogen and oxygen atoms in total. The van der Waals surface area contributed by atoms with E-state index < -0.39 is 11.9 Å². The molecule has 0 amide bonds. The molecule has 0 fully saturated rings. The molecule has 10 aromatic rings. The lowest BCUT2D eigenvalue weighted by molar-refractivity contribution is -0.689. The Morgan fingerprint density at radius 1 is 0.307 bits per heavy atom. The molecule has 512 valence electrons. The van der Waals surface area contributed by atoms with Gasteiger partial charge in [-0.05, 0) is 81.9 Å². The summed E-state index contributed by atoms with van der Waals surface area (Å²) >= 11 is 0. The van der Waals surface area contributed by atoms with Crippen LogP contribution < -0.4 is 47.4 Å². The molecule has 0 radical (unpaired) electrons. The largest absolute Gasteiger partial charge is 0.545 e. The number of ether oxygens (including phenoxy) is 10. The van der Waals surface area contributed by atoms with Crippen LogP contribution in [0.15, 0.2) is 232 Å². The molecule has 0 saturated heterocycles. The second-order valence-electron chi connectivity index (χ2n) is 23.4. The summed E-state index contributed by atoms with van der Waals surface area (Å²) in [5.74, 6) is 11.9. The summed E-state index contributed by atoms with van der Waals surface area (Å²) in [5, 5.41) is 22.5. The summed E-state index contributed by atoms with van der Waals surface area (Å²) in [6.07, 6.45) is 21.6. The van der Waals surface area contributed by atoms with E-state index in [0.29, 0.717) is 111 Å². The minimum Gasteiger partial charge on any atom is -0.545 e. The first-order valence-electron chi connectivity index (χ1n) is 33.4. The third-order valence-corrected chi connectivity index (χ3v) is 16.0. The van der Waals surface area contributed by atoms with Crippen molar-refractivity contribution in [2.45, 2.75) is 26.2 Å². The third-order valence-electron chi connectivity index (χ3n) is 16.0. The first-order chi connectivity index (χ1) is 49.7. The molecule has 14 aliphatic rings. The maximum Gasteiger partial charge on any atom is 0.173 e. The molecule has 6 aromatic carbocycles. The number of rotatable bonds is 2. The molecule has 24 rings (SSSR count). The predicted molar refractivity (Wildman–Crippen MR) is 372 cm³/mol. The summed E-state index contributed by atoms with van der Waals surface area (Å²) in [4.78, 5) is 22.5. The number of pyridine rings is 4. The molecule has 101 heavy (non-hydrogen) atoms. The lowest BCUT2D eigenvalue weighted by Crippen LogP contribution is -2.34. The highest BCUT2D eigenvalue weighted by Gasteiger charge is 2.15. The number of carbonyl (C=O) groups is 2. The van der Waals surface area contributed by atoms with Gasteiger partial charge in [-0.3, -0.25) is 0 Å². The fourth-order valence-corrected chi connectivity index (χ4v) is 10.5. The van der Waals surface area contributed by atoms with Gasteiger partial charge in [-0.25, -0.2) is 18.3 Å². The van der Waals surface area contributed by atoms with Crippen molar-refractivity contribution in [2.24, 2.45) is 0 Å².